The number of aliphatic carboxylic acids is 1. The first-order chi connectivity index (χ1) is 8.04. The van der Waals surface area contributed by atoms with E-state index in [1.807, 2.05) is 31.2 Å². The average Bonchev–Trinajstić information content (AvgIpc) is 2.65. The number of rotatable bonds is 3. The zero-order chi connectivity index (χ0) is 12.5. The molecule has 0 amide bonds. The van der Waals surface area contributed by atoms with Gasteiger partial charge in [0.1, 0.15) is 0 Å². The summed E-state index contributed by atoms with van der Waals surface area (Å²) in [5, 5.41) is 9.46. The van der Waals surface area contributed by atoms with Crippen LogP contribution >= 0.6 is 15.9 Å². The monoisotopic (exact) mass is 298 g/mol. The van der Waals surface area contributed by atoms with Gasteiger partial charge in [0.15, 0.2) is 0 Å². The van der Waals surface area contributed by atoms with Gasteiger partial charge in [0.05, 0.1) is 11.5 Å². The van der Waals surface area contributed by atoms with Crippen molar-refractivity contribution >= 4 is 21.9 Å². The van der Waals surface area contributed by atoms with E-state index in [9.17, 15) is 9.90 Å². The normalized spacial score (nSPS) is 28.2. The summed E-state index contributed by atoms with van der Waals surface area (Å²) in [6.45, 7) is 2.38. The van der Waals surface area contributed by atoms with Gasteiger partial charge < -0.3 is 9.84 Å². The minimum absolute atomic E-state index is 0.233. The fourth-order valence-corrected chi connectivity index (χ4v) is 2.60. The molecule has 92 valence electrons. The molecule has 0 aromatic heterocycles. The zero-order valence-corrected chi connectivity index (χ0v) is 11.2. The van der Waals surface area contributed by atoms with Gasteiger partial charge >= 0.3 is 5.97 Å². The maximum Gasteiger partial charge on any atom is 0.312 e. The summed E-state index contributed by atoms with van der Waals surface area (Å²) < 4.78 is 6.44. The van der Waals surface area contributed by atoms with E-state index < -0.39 is 11.4 Å². The van der Waals surface area contributed by atoms with E-state index in [0.717, 1.165) is 10.0 Å². The molecule has 2 rings (SSSR count). The number of carbonyl (C=O) groups is 1. The van der Waals surface area contributed by atoms with E-state index >= 15 is 0 Å². The highest BCUT2D eigenvalue weighted by molar-refractivity contribution is 9.10. The molecule has 0 bridgehead atoms. The standard InChI is InChI=1S/C13H15BrO3/c1-9-13(12(15)16,6-7-17-9)8-10-2-4-11(14)5-3-10/h2-5,9H,6-8H2,1H3,(H,15,16). The van der Waals surface area contributed by atoms with Crippen molar-refractivity contribution in [1.82, 2.24) is 0 Å². The molecule has 0 aliphatic carbocycles. The number of carboxylic acids is 1. The molecule has 2 unspecified atom stereocenters. The lowest BCUT2D eigenvalue weighted by Gasteiger charge is -2.27. The summed E-state index contributed by atoms with van der Waals surface area (Å²) in [4.78, 5) is 11.5. The molecular formula is C13H15BrO3. The number of hydrogen-bond donors (Lipinski definition) is 1. The Hall–Kier alpha value is -0.870. The first-order valence-corrected chi connectivity index (χ1v) is 6.43. The minimum Gasteiger partial charge on any atom is -0.481 e. The predicted molar refractivity (Wildman–Crippen MR) is 67.9 cm³/mol. The molecule has 1 fully saturated rings. The summed E-state index contributed by atoms with van der Waals surface area (Å²) in [7, 11) is 0. The molecule has 3 nitrogen and oxygen atoms in total. The van der Waals surface area contributed by atoms with E-state index in [2.05, 4.69) is 15.9 Å². The Kier molecular flexibility index (Phi) is 3.54. The summed E-state index contributed by atoms with van der Waals surface area (Å²) >= 11 is 3.37. The Labute approximate surface area is 109 Å². The molecule has 1 heterocycles. The molecule has 4 heteroatoms. The van der Waals surface area contributed by atoms with E-state index in [1.54, 1.807) is 0 Å². The van der Waals surface area contributed by atoms with Gasteiger partial charge in [-0.05, 0) is 37.5 Å². The Balaban J connectivity index is 2.24. The van der Waals surface area contributed by atoms with Gasteiger partial charge in [-0.1, -0.05) is 28.1 Å². The smallest absolute Gasteiger partial charge is 0.312 e. The Morgan fingerprint density at radius 3 is 2.65 bits per heavy atom. The summed E-state index contributed by atoms with van der Waals surface area (Å²) in [5.74, 6) is -0.759. The third-order valence-electron chi connectivity index (χ3n) is 3.55. The highest BCUT2D eigenvalue weighted by Gasteiger charge is 2.48. The van der Waals surface area contributed by atoms with Gasteiger partial charge in [-0.15, -0.1) is 0 Å². The maximum atomic E-state index is 11.5. The average molecular weight is 299 g/mol. The third kappa shape index (κ3) is 2.38. The largest absolute Gasteiger partial charge is 0.481 e. The second-order valence-electron chi connectivity index (χ2n) is 4.53. The van der Waals surface area contributed by atoms with Gasteiger partial charge in [-0.25, -0.2) is 0 Å². The molecule has 1 aromatic rings. The molecule has 1 aliphatic heterocycles. The maximum absolute atomic E-state index is 11.5. The van der Waals surface area contributed by atoms with Crippen LogP contribution in [0.4, 0.5) is 0 Å². The van der Waals surface area contributed by atoms with E-state index in [4.69, 9.17) is 4.74 Å². The number of benzene rings is 1. The molecule has 1 aromatic carbocycles. The number of hydrogen-bond acceptors (Lipinski definition) is 2. The SMILES string of the molecule is CC1OCCC1(Cc1ccc(Br)cc1)C(=O)O. The highest BCUT2D eigenvalue weighted by Crippen LogP contribution is 2.38. The number of carboxylic acid groups (broad SMARTS) is 1. The van der Waals surface area contributed by atoms with Crippen LogP contribution in [0, 0.1) is 5.41 Å². The molecule has 1 saturated heterocycles. The molecule has 0 spiro atoms. The Morgan fingerprint density at radius 2 is 2.18 bits per heavy atom. The summed E-state index contributed by atoms with van der Waals surface area (Å²) in [5.41, 5.74) is 0.265. The lowest BCUT2D eigenvalue weighted by Crippen LogP contribution is -2.39. The number of ether oxygens (including phenoxy) is 1. The van der Waals surface area contributed by atoms with Crippen LogP contribution in [0.3, 0.4) is 0 Å². The van der Waals surface area contributed by atoms with Crippen LogP contribution in [-0.4, -0.2) is 23.8 Å². The summed E-state index contributed by atoms with van der Waals surface area (Å²) in [6.07, 6.45) is 0.875. The van der Waals surface area contributed by atoms with Crippen molar-refractivity contribution in [2.75, 3.05) is 6.61 Å². The molecule has 0 saturated carbocycles. The van der Waals surface area contributed by atoms with Gasteiger partial charge in [-0.2, -0.15) is 0 Å². The van der Waals surface area contributed by atoms with E-state index in [-0.39, 0.29) is 6.10 Å². The van der Waals surface area contributed by atoms with Crippen molar-refractivity contribution in [2.24, 2.45) is 5.41 Å². The molecule has 2 atom stereocenters. The highest BCUT2D eigenvalue weighted by atomic mass is 79.9. The van der Waals surface area contributed by atoms with Crippen molar-refractivity contribution < 1.29 is 14.6 Å². The van der Waals surface area contributed by atoms with Gasteiger partial charge in [0, 0.05) is 11.1 Å². The van der Waals surface area contributed by atoms with Crippen LogP contribution < -0.4 is 0 Å². The van der Waals surface area contributed by atoms with Crippen LogP contribution in [0.15, 0.2) is 28.7 Å². The van der Waals surface area contributed by atoms with Crippen LogP contribution in [0.5, 0.6) is 0 Å². The van der Waals surface area contributed by atoms with Crippen LogP contribution in [0.25, 0.3) is 0 Å². The Morgan fingerprint density at radius 1 is 1.53 bits per heavy atom. The van der Waals surface area contributed by atoms with Crippen molar-refractivity contribution in [3.63, 3.8) is 0 Å². The van der Waals surface area contributed by atoms with Gasteiger partial charge in [0.25, 0.3) is 0 Å². The fourth-order valence-electron chi connectivity index (χ4n) is 2.34. The van der Waals surface area contributed by atoms with Crippen molar-refractivity contribution in [3.8, 4) is 0 Å². The Bertz CT molecular complexity index is 415. The van der Waals surface area contributed by atoms with Crippen molar-refractivity contribution in [3.05, 3.63) is 34.3 Å². The first kappa shape index (κ1) is 12.6. The zero-order valence-electron chi connectivity index (χ0n) is 9.65. The van der Waals surface area contributed by atoms with E-state index in [0.29, 0.717) is 19.4 Å². The molecular weight excluding hydrogens is 284 g/mol. The van der Waals surface area contributed by atoms with Crippen LogP contribution in [0.2, 0.25) is 0 Å². The van der Waals surface area contributed by atoms with Gasteiger partial charge in [-0.3, -0.25) is 4.79 Å². The van der Waals surface area contributed by atoms with E-state index in [1.165, 1.54) is 0 Å². The van der Waals surface area contributed by atoms with Gasteiger partial charge in [0.2, 0.25) is 0 Å². The molecule has 1 N–H and O–H groups in total. The quantitative estimate of drug-likeness (QED) is 0.933. The third-order valence-corrected chi connectivity index (χ3v) is 4.08. The number of halogens is 1. The van der Waals surface area contributed by atoms with Crippen LogP contribution in [-0.2, 0) is 16.0 Å². The first-order valence-electron chi connectivity index (χ1n) is 5.64. The van der Waals surface area contributed by atoms with Crippen LogP contribution in [0.1, 0.15) is 18.9 Å². The lowest BCUT2D eigenvalue weighted by atomic mass is 9.76. The topological polar surface area (TPSA) is 46.5 Å². The van der Waals surface area contributed by atoms with Crippen molar-refractivity contribution in [2.45, 2.75) is 25.9 Å². The lowest BCUT2D eigenvalue weighted by molar-refractivity contribution is -0.151. The summed E-state index contributed by atoms with van der Waals surface area (Å²) in [6, 6.07) is 7.79. The minimum atomic E-state index is -0.770. The fraction of sp³-hybridized carbons (Fsp3) is 0.462. The molecule has 17 heavy (non-hydrogen) atoms. The predicted octanol–water partition coefficient (Wildman–Crippen LogP) is 2.87. The second kappa shape index (κ2) is 4.78. The molecule has 0 radical (unpaired) electrons. The molecule has 1 aliphatic rings. The second-order valence-corrected chi connectivity index (χ2v) is 5.44. The van der Waals surface area contributed by atoms with Crippen molar-refractivity contribution in [1.29, 1.82) is 0 Å².